The molecule has 2 aromatic carbocycles. The number of nitrogens with one attached hydrogen (secondary N) is 1. The van der Waals surface area contributed by atoms with Crippen LogP contribution < -0.4 is 15.0 Å². The van der Waals surface area contributed by atoms with Crippen molar-refractivity contribution in [3.05, 3.63) is 60.6 Å². The second kappa shape index (κ2) is 9.25. The Balaban J connectivity index is 1.27. The highest BCUT2D eigenvalue weighted by molar-refractivity contribution is 5.87. The third-order valence-corrected chi connectivity index (χ3v) is 6.59. The molecule has 5 aromatic rings. The van der Waals surface area contributed by atoms with E-state index in [0.717, 1.165) is 42.8 Å². The van der Waals surface area contributed by atoms with Crippen LogP contribution in [0.3, 0.4) is 0 Å². The molecule has 0 saturated carbocycles. The number of hydrogen-bond donors (Lipinski definition) is 1. The Kier molecular flexibility index (Phi) is 5.76. The summed E-state index contributed by atoms with van der Waals surface area (Å²) in [5.74, 6) is 1.56. The molecule has 1 aliphatic rings. The van der Waals surface area contributed by atoms with E-state index in [4.69, 9.17) is 9.72 Å². The summed E-state index contributed by atoms with van der Waals surface area (Å²) in [5, 5.41) is 3.10. The summed E-state index contributed by atoms with van der Waals surface area (Å²) in [4.78, 5) is 26.6. The van der Waals surface area contributed by atoms with E-state index in [0.29, 0.717) is 34.3 Å². The summed E-state index contributed by atoms with van der Waals surface area (Å²) >= 11 is 0. The first-order valence-corrected chi connectivity index (χ1v) is 12.0. The van der Waals surface area contributed by atoms with Crippen molar-refractivity contribution in [1.82, 2.24) is 34.4 Å². The molecule has 37 heavy (non-hydrogen) atoms. The Labute approximate surface area is 212 Å². The van der Waals surface area contributed by atoms with E-state index in [-0.39, 0.29) is 5.69 Å². The molecule has 0 aliphatic carbocycles. The molecule has 10 nitrogen and oxygen atoms in total. The average molecular weight is 500 g/mol. The number of nitrogens with zero attached hydrogens (tertiary/aromatic N) is 8. The molecule has 6 rings (SSSR count). The lowest BCUT2D eigenvalue weighted by atomic mass is 10.2. The van der Waals surface area contributed by atoms with Gasteiger partial charge in [0.1, 0.15) is 34.7 Å². The Bertz CT molecular complexity index is 1610. The summed E-state index contributed by atoms with van der Waals surface area (Å²) in [5.41, 5.74) is 3.95. The molecular formula is C26H26FN9O. The Morgan fingerprint density at radius 3 is 2.62 bits per heavy atom. The Hall–Kier alpha value is -4.38. The highest BCUT2D eigenvalue weighted by atomic mass is 19.1. The van der Waals surface area contributed by atoms with Gasteiger partial charge in [0.15, 0.2) is 5.82 Å². The number of imidazole rings is 1. The molecule has 1 N–H and O–H groups in total. The summed E-state index contributed by atoms with van der Waals surface area (Å²) in [6, 6.07) is 8.67. The minimum absolute atomic E-state index is 0.268. The summed E-state index contributed by atoms with van der Waals surface area (Å²) in [6.45, 7) is 5.41. The van der Waals surface area contributed by atoms with E-state index >= 15 is 4.39 Å². The molecule has 11 heteroatoms. The molecule has 1 aliphatic heterocycles. The SMILES string of the molecule is Cc1cc(Nc2ncnc3cnc(N4CCN(C)CC4)nc23)c(F)cc1Oc1ccc2c(c1)ncn2C. The largest absolute Gasteiger partial charge is 0.457 e. The average Bonchev–Trinajstić information content (AvgIpc) is 3.27. The molecule has 188 valence electrons. The van der Waals surface area contributed by atoms with Crippen LogP contribution in [0.5, 0.6) is 11.5 Å². The molecule has 0 spiro atoms. The van der Waals surface area contributed by atoms with Crippen LogP contribution in [-0.4, -0.2) is 67.6 Å². The molecule has 0 bridgehead atoms. The van der Waals surface area contributed by atoms with Crippen molar-refractivity contribution in [3.63, 3.8) is 0 Å². The number of likely N-dealkylation sites (N-methyl/N-ethyl adjacent to an activating group) is 1. The smallest absolute Gasteiger partial charge is 0.226 e. The molecule has 0 atom stereocenters. The molecule has 1 saturated heterocycles. The van der Waals surface area contributed by atoms with Crippen molar-refractivity contribution < 1.29 is 9.13 Å². The van der Waals surface area contributed by atoms with Gasteiger partial charge in [-0.15, -0.1) is 0 Å². The van der Waals surface area contributed by atoms with Crippen molar-refractivity contribution >= 4 is 39.5 Å². The van der Waals surface area contributed by atoms with E-state index in [1.165, 1.54) is 12.4 Å². The number of rotatable bonds is 5. The van der Waals surface area contributed by atoms with Gasteiger partial charge in [0.2, 0.25) is 5.95 Å². The standard InChI is InChI=1S/C26H26FN9O/c1-16-10-19(18(27)12-23(16)37-17-4-5-22-20(11-17)31-15-35(22)3)32-25-24-21(29-14-30-25)13-28-26(33-24)36-8-6-34(2)7-9-36/h4-5,10-15H,6-9H2,1-3H3,(H,29,30,32). The quantitative estimate of drug-likeness (QED) is 0.384. The van der Waals surface area contributed by atoms with Crippen LogP contribution in [0.25, 0.3) is 22.1 Å². The zero-order valence-electron chi connectivity index (χ0n) is 20.8. The van der Waals surface area contributed by atoms with Crippen LogP contribution in [0, 0.1) is 12.7 Å². The van der Waals surface area contributed by atoms with Gasteiger partial charge in [-0.1, -0.05) is 0 Å². The zero-order valence-corrected chi connectivity index (χ0v) is 20.8. The summed E-state index contributed by atoms with van der Waals surface area (Å²) < 4.78 is 23.2. The van der Waals surface area contributed by atoms with Crippen LogP contribution >= 0.6 is 0 Å². The number of ether oxygens (including phenoxy) is 1. The monoisotopic (exact) mass is 499 g/mol. The number of benzene rings is 2. The second-order valence-corrected chi connectivity index (χ2v) is 9.25. The van der Waals surface area contributed by atoms with Crippen LogP contribution in [0.4, 0.5) is 21.8 Å². The van der Waals surface area contributed by atoms with Gasteiger partial charge in [-0.05, 0) is 37.7 Å². The summed E-state index contributed by atoms with van der Waals surface area (Å²) in [6.07, 6.45) is 4.84. The maximum atomic E-state index is 15.2. The summed E-state index contributed by atoms with van der Waals surface area (Å²) in [7, 11) is 4.03. The third kappa shape index (κ3) is 4.49. The second-order valence-electron chi connectivity index (χ2n) is 9.25. The molecule has 4 heterocycles. The van der Waals surface area contributed by atoms with Gasteiger partial charge < -0.3 is 24.4 Å². The normalized spacial score (nSPS) is 14.4. The minimum Gasteiger partial charge on any atom is -0.457 e. The first-order valence-electron chi connectivity index (χ1n) is 12.0. The predicted octanol–water partition coefficient (Wildman–Crippen LogP) is 4.04. The van der Waals surface area contributed by atoms with Crippen LogP contribution in [0.2, 0.25) is 0 Å². The van der Waals surface area contributed by atoms with Crippen molar-refractivity contribution in [2.24, 2.45) is 7.05 Å². The van der Waals surface area contributed by atoms with Gasteiger partial charge in [-0.3, -0.25) is 0 Å². The van der Waals surface area contributed by atoms with Gasteiger partial charge in [0.25, 0.3) is 0 Å². The molecule has 0 amide bonds. The fourth-order valence-electron chi connectivity index (χ4n) is 4.40. The van der Waals surface area contributed by atoms with Gasteiger partial charge in [0, 0.05) is 45.4 Å². The van der Waals surface area contributed by atoms with Crippen molar-refractivity contribution in [2.45, 2.75) is 6.92 Å². The topological polar surface area (TPSA) is 97.1 Å². The number of aryl methyl sites for hydroxylation is 2. The Morgan fingerprint density at radius 1 is 0.946 bits per heavy atom. The van der Waals surface area contributed by atoms with Crippen molar-refractivity contribution in [1.29, 1.82) is 0 Å². The fourth-order valence-corrected chi connectivity index (χ4v) is 4.40. The van der Waals surface area contributed by atoms with Crippen molar-refractivity contribution in [3.8, 4) is 11.5 Å². The van der Waals surface area contributed by atoms with Gasteiger partial charge in [-0.2, -0.15) is 0 Å². The fraction of sp³-hybridized carbons (Fsp3) is 0.269. The lowest BCUT2D eigenvalue weighted by molar-refractivity contribution is 0.311. The maximum absolute atomic E-state index is 15.2. The number of halogens is 1. The van der Waals surface area contributed by atoms with Gasteiger partial charge in [-0.25, -0.2) is 29.3 Å². The van der Waals surface area contributed by atoms with E-state index in [1.807, 2.05) is 36.7 Å². The van der Waals surface area contributed by atoms with E-state index < -0.39 is 5.82 Å². The van der Waals surface area contributed by atoms with Gasteiger partial charge >= 0.3 is 0 Å². The molecule has 0 radical (unpaired) electrons. The zero-order chi connectivity index (χ0) is 25.5. The van der Waals surface area contributed by atoms with E-state index in [9.17, 15) is 0 Å². The lowest BCUT2D eigenvalue weighted by Gasteiger charge is -2.32. The van der Waals surface area contributed by atoms with E-state index in [1.54, 1.807) is 18.6 Å². The van der Waals surface area contributed by atoms with E-state index in [2.05, 4.69) is 42.1 Å². The third-order valence-electron chi connectivity index (χ3n) is 6.59. The number of anilines is 3. The first-order chi connectivity index (χ1) is 17.9. The maximum Gasteiger partial charge on any atom is 0.226 e. The molecular weight excluding hydrogens is 473 g/mol. The highest BCUT2D eigenvalue weighted by Gasteiger charge is 2.19. The predicted molar refractivity (Wildman–Crippen MR) is 140 cm³/mol. The first kappa shape index (κ1) is 23.0. The van der Waals surface area contributed by atoms with Crippen LogP contribution in [0.15, 0.2) is 49.2 Å². The van der Waals surface area contributed by atoms with Crippen LogP contribution in [-0.2, 0) is 7.05 Å². The lowest BCUT2D eigenvalue weighted by Crippen LogP contribution is -2.45. The number of hydrogen-bond acceptors (Lipinski definition) is 9. The number of aromatic nitrogens is 6. The molecule has 1 fully saturated rings. The molecule has 3 aromatic heterocycles. The highest BCUT2D eigenvalue weighted by Crippen LogP contribution is 2.33. The number of piperazine rings is 1. The minimum atomic E-state index is -0.473. The number of fused-ring (bicyclic) bond motifs is 2. The van der Waals surface area contributed by atoms with Crippen LogP contribution in [0.1, 0.15) is 5.56 Å². The molecule has 0 unspecified atom stereocenters. The van der Waals surface area contributed by atoms with Crippen molar-refractivity contribution in [2.75, 3.05) is 43.4 Å². The Morgan fingerprint density at radius 2 is 1.78 bits per heavy atom. The van der Waals surface area contributed by atoms with Gasteiger partial charge in [0.05, 0.1) is 29.2 Å².